The SMILES string of the molecule is CCC1CNC(C2CCCC(F)C2)NC1. The molecule has 1 aliphatic heterocycles. The van der Waals surface area contributed by atoms with Gasteiger partial charge in [0, 0.05) is 13.1 Å². The molecule has 88 valence electrons. The van der Waals surface area contributed by atoms with E-state index in [0.29, 0.717) is 12.1 Å². The van der Waals surface area contributed by atoms with Crippen molar-refractivity contribution in [2.75, 3.05) is 13.1 Å². The van der Waals surface area contributed by atoms with E-state index in [9.17, 15) is 4.39 Å². The van der Waals surface area contributed by atoms with Crippen molar-refractivity contribution in [3.8, 4) is 0 Å². The zero-order chi connectivity index (χ0) is 10.7. The van der Waals surface area contributed by atoms with E-state index in [1.54, 1.807) is 0 Å². The van der Waals surface area contributed by atoms with Crippen LogP contribution < -0.4 is 10.6 Å². The van der Waals surface area contributed by atoms with Crippen molar-refractivity contribution in [3.05, 3.63) is 0 Å². The highest BCUT2D eigenvalue weighted by atomic mass is 19.1. The molecule has 2 rings (SSSR count). The van der Waals surface area contributed by atoms with Gasteiger partial charge in [0.15, 0.2) is 0 Å². The minimum absolute atomic E-state index is 0.367. The van der Waals surface area contributed by atoms with Gasteiger partial charge in [0.25, 0.3) is 0 Å². The average molecular weight is 214 g/mol. The summed E-state index contributed by atoms with van der Waals surface area (Å²) in [5.74, 6) is 1.26. The maximum atomic E-state index is 13.3. The smallest absolute Gasteiger partial charge is 0.100 e. The Morgan fingerprint density at radius 2 is 1.93 bits per heavy atom. The molecule has 0 amide bonds. The van der Waals surface area contributed by atoms with Crippen LogP contribution in [0.3, 0.4) is 0 Å². The quantitative estimate of drug-likeness (QED) is 0.735. The Morgan fingerprint density at radius 1 is 1.20 bits per heavy atom. The maximum Gasteiger partial charge on any atom is 0.100 e. The van der Waals surface area contributed by atoms with E-state index in [1.165, 1.54) is 12.8 Å². The molecule has 2 aliphatic rings. The summed E-state index contributed by atoms with van der Waals surface area (Å²) >= 11 is 0. The van der Waals surface area contributed by atoms with Crippen molar-refractivity contribution >= 4 is 0 Å². The largest absolute Gasteiger partial charge is 0.301 e. The third-order valence-electron chi connectivity index (χ3n) is 3.95. The molecule has 0 aromatic heterocycles. The van der Waals surface area contributed by atoms with Gasteiger partial charge in [0.05, 0.1) is 6.17 Å². The molecular formula is C12H23FN2. The van der Waals surface area contributed by atoms with Crippen LogP contribution in [0.4, 0.5) is 4.39 Å². The van der Waals surface area contributed by atoms with Crippen LogP contribution in [0.25, 0.3) is 0 Å². The molecule has 1 heterocycles. The van der Waals surface area contributed by atoms with E-state index >= 15 is 0 Å². The average Bonchev–Trinajstić information content (AvgIpc) is 2.29. The number of hydrogen-bond donors (Lipinski definition) is 2. The molecule has 15 heavy (non-hydrogen) atoms. The number of rotatable bonds is 2. The Kier molecular flexibility index (Phi) is 3.98. The number of alkyl halides is 1. The number of nitrogens with one attached hydrogen (secondary N) is 2. The zero-order valence-corrected chi connectivity index (χ0v) is 9.64. The topological polar surface area (TPSA) is 24.1 Å². The van der Waals surface area contributed by atoms with Gasteiger partial charge in [-0.25, -0.2) is 4.39 Å². The first-order valence-corrected chi connectivity index (χ1v) is 6.40. The molecule has 2 nitrogen and oxygen atoms in total. The molecule has 2 fully saturated rings. The molecule has 2 N–H and O–H groups in total. The highest BCUT2D eigenvalue weighted by molar-refractivity contribution is 4.85. The minimum atomic E-state index is -0.559. The Hall–Kier alpha value is -0.150. The summed E-state index contributed by atoms with van der Waals surface area (Å²) in [5, 5.41) is 7.07. The lowest BCUT2D eigenvalue weighted by Gasteiger charge is -2.38. The van der Waals surface area contributed by atoms with E-state index in [1.807, 2.05) is 0 Å². The second-order valence-corrected chi connectivity index (χ2v) is 5.09. The van der Waals surface area contributed by atoms with Gasteiger partial charge < -0.3 is 10.6 Å². The molecule has 2 atom stereocenters. The summed E-state index contributed by atoms with van der Waals surface area (Å²) in [6.45, 7) is 4.43. The van der Waals surface area contributed by atoms with Crippen LogP contribution in [0.1, 0.15) is 39.0 Å². The Labute approximate surface area is 92.0 Å². The van der Waals surface area contributed by atoms with Crippen molar-refractivity contribution in [2.24, 2.45) is 11.8 Å². The first-order chi connectivity index (χ1) is 7.29. The lowest BCUT2D eigenvalue weighted by molar-refractivity contribution is 0.133. The van der Waals surface area contributed by atoms with Crippen LogP contribution in [-0.4, -0.2) is 25.4 Å². The second-order valence-electron chi connectivity index (χ2n) is 5.09. The van der Waals surface area contributed by atoms with Crippen LogP contribution in [0.15, 0.2) is 0 Å². The van der Waals surface area contributed by atoms with Crippen LogP contribution in [-0.2, 0) is 0 Å². The molecule has 0 bridgehead atoms. The van der Waals surface area contributed by atoms with E-state index in [4.69, 9.17) is 0 Å². The van der Waals surface area contributed by atoms with Gasteiger partial charge in [0.1, 0.15) is 6.17 Å². The fourth-order valence-corrected chi connectivity index (χ4v) is 2.82. The van der Waals surface area contributed by atoms with Crippen LogP contribution in [0.5, 0.6) is 0 Å². The summed E-state index contributed by atoms with van der Waals surface area (Å²) in [6, 6.07) is 0. The number of hydrogen-bond acceptors (Lipinski definition) is 2. The number of halogens is 1. The van der Waals surface area contributed by atoms with Crippen LogP contribution in [0.2, 0.25) is 0 Å². The van der Waals surface area contributed by atoms with Crippen molar-refractivity contribution in [1.29, 1.82) is 0 Å². The lowest BCUT2D eigenvalue weighted by Crippen LogP contribution is -2.56. The summed E-state index contributed by atoms with van der Waals surface area (Å²) in [7, 11) is 0. The van der Waals surface area contributed by atoms with E-state index in [0.717, 1.165) is 38.3 Å². The maximum absolute atomic E-state index is 13.3. The Balaban J connectivity index is 1.79. The minimum Gasteiger partial charge on any atom is -0.301 e. The van der Waals surface area contributed by atoms with Crippen LogP contribution >= 0.6 is 0 Å². The van der Waals surface area contributed by atoms with Crippen molar-refractivity contribution in [3.63, 3.8) is 0 Å². The predicted molar refractivity (Wildman–Crippen MR) is 60.4 cm³/mol. The molecule has 2 unspecified atom stereocenters. The van der Waals surface area contributed by atoms with Gasteiger partial charge in [0.2, 0.25) is 0 Å². The van der Waals surface area contributed by atoms with Gasteiger partial charge >= 0.3 is 0 Å². The fraction of sp³-hybridized carbons (Fsp3) is 1.00. The van der Waals surface area contributed by atoms with Gasteiger partial charge in [-0.3, -0.25) is 0 Å². The Morgan fingerprint density at radius 3 is 2.53 bits per heavy atom. The summed E-state index contributed by atoms with van der Waals surface area (Å²) in [5.41, 5.74) is 0. The van der Waals surface area contributed by atoms with Gasteiger partial charge in [-0.15, -0.1) is 0 Å². The Bertz CT molecular complexity index is 190. The third-order valence-corrected chi connectivity index (χ3v) is 3.95. The molecular weight excluding hydrogens is 191 g/mol. The summed E-state index contributed by atoms with van der Waals surface area (Å²) in [6.07, 6.45) is 4.80. The molecule has 3 heteroatoms. The van der Waals surface area contributed by atoms with Crippen molar-refractivity contribution in [2.45, 2.75) is 51.4 Å². The highest BCUT2D eigenvalue weighted by Gasteiger charge is 2.30. The molecule has 0 radical (unpaired) electrons. The standard InChI is InChI=1S/C12H23FN2/c1-2-9-7-14-12(15-8-9)10-4-3-5-11(13)6-10/h9-12,14-15H,2-8H2,1H3. The second kappa shape index (κ2) is 5.26. The van der Waals surface area contributed by atoms with Crippen LogP contribution in [0, 0.1) is 11.8 Å². The monoisotopic (exact) mass is 214 g/mol. The first kappa shape index (κ1) is 11.3. The summed E-state index contributed by atoms with van der Waals surface area (Å²) in [4.78, 5) is 0. The van der Waals surface area contributed by atoms with Crippen molar-refractivity contribution in [1.82, 2.24) is 10.6 Å². The van der Waals surface area contributed by atoms with Gasteiger partial charge in [-0.1, -0.05) is 19.8 Å². The molecule has 0 aromatic rings. The van der Waals surface area contributed by atoms with E-state index in [2.05, 4.69) is 17.6 Å². The normalized spacial score (nSPS) is 42.8. The zero-order valence-electron chi connectivity index (χ0n) is 9.64. The van der Waals surface area contributed by atoms with E-state index < -0.39 is 6.17 Å². The van der Waals surface area contributed by atoms with Crippen molar-refractivity contribution < 1.29 is 4.39 Å². The molecule has 0 aromatic carbocycles. The predicted octanol–water partition coefficient (Wildman–Crippen LogP) is 2.06. The van der Waals surface area contributed by atoms with E-state index in [-0.39, 0.29) is 0 Å². The first-order valence-electron chi connectivity index (χ1n) is 6.40. The third kappa shape index (κ3) is 2.91. The molecule has 0 spiro atoms. The van der Waals surface area contributed by atoms with Gasteiger partial charge in [-0.2, -0.15) is 0 Å². The van der Waals surface area contributed by atoms with Gasteiger partial charge in [-0.05, 0) is 31.1 Å². The summed E-state index contributed by atoms with van der Waals surface area (Å²) < 4.78 is 13.3. The molecule has 1 aliphatic carbocycles. The fourth-order valence-electron chi connectivity index (χ4n) is 2.82. The molecule has 1 saturated carbocycles. The molecule has 1 saturated heterocycles. The highest BCUT2D eigenvalue weighted by Crippen LogP contribution is 2.28. The lowest BCUT2D eigenvalue weighted by atomic mass is 9.84.